The molecule has 5 nitrogen and oxygen atoms in total. The van der Waals surface area contributed by atoms with E-state index in [1.807, 2.05) is 45.0 Å². The number of thioether (sulfide) groups is 1. The molecule has 0 N–H and O–H groups in total. The van der Waals surface area contributed by atoms with Crippen molar-refractivity contribution < 1.29 is 9.59 Å². The fourth-order valence-electron chi connectivity index (χ4n) is 2.47. The fraction of sp³-hybridized carbons (Fsp3) is 0.444. The molecule has 1 aliphatic rings. The number of rotatable bonds is 7. The quantitative estimate of drug-likeness (QED) is 0.414. The molecule has 3 rings (SSSR count). The number of aryl methyl sites for hydroxylation is 1. The molecule has 1 aromatic heterocycles. The lowest BCUT2D eigenvalue weighted by atomic mass is 10.1. The number of carbonyl (C=O) groups excluding carboxylic acids is 2. The zero-order valence-corrected chi connectivity index (χ0v) is 16.2. The van der Waals surface area contributed by atoms with Gasteiger partial charge in [-0.15, -0.1) is 10.2 Å². The molecule has 7 heteroatoms. The zero-order valence-electron chi connectivity index (χ0n) is 14.6. The van der Waals surface area contributed by atoms with Gasteiger partial charge in [-0.1, -0.05) is 59.9 Å². The van der Waals surface area contributed by atoms with Crippen molar-refractivity contribution in [1.29, 1.82) is 0 Å². The van der Waals surface area contributed by atoms with Crippen LogP contribution in [0, 0.1) is 6.92 Å². The van der Waals surface area contributed by atoms with Gasteiger partial charge in [0.15, 0.2) is 10.1 Å². The van der Waals surface area contributed by atoms with Crippen molar-refractivity contribution in [3.63, 3.8) is 0 Å². The summed E-state index contributed by atoms with van der Waals surface area (Å²) >= 11 is 2.79. The van der Waals surface area contributed by atoms with Crippen LogP contribution in [0.2, 0.25) is 0 Å². The maximum Gasteiger partial charge on any atom is 0.228 e. The van der Waals surface area contributed by atoms with Crippen molar-refractivity contribution in [2.75, 3.05) is 4.90 Å². The fourth-order valence-corrected chi connectivity index (χ4v) is 4.63. The predicted molar refractivity (Wildman–Crippen MR) is 102 cm³/mol. The van der Waals surface area contributed by atoms with Crippen LogP contribution in [0.5, 0.6) is 0 Å². The topological polar surface area (TPSA) is 63.2 Å². The minimum absolute atomic E-state index is 0.0745. The molecule has 1 fully saturated rings. The van der Waals surface area contributed by atoms with Crippen LogP contribution in [0.4, 0.5) is 5.13 Å². The third-order valence-corrected chi connectivity index (χ3v) is 6.17. The summed E-state index contributed by atoms with van der Waals surface area (Å²) in [5.41, 5.74) is 1.84. The Hall–Kier alpha value is -1.73. The molecule has 1 aromatic carbocycles. The molecule has 2 aromatic rings. The maximum atomic E-state index is 12.5. The summed E-state index contributed by atoms with van der Waals surface area (Å²) in [7, 11) is 0. The number of amides is 1. The van der Waals surface area contributed by atoms with E-state index in [1.165, 1.54) is 23.1 Å². The first-order chi connectivity index (χ1) is 12.0. The van der Waals surface area contributed by atoms with Gasteiger partial charge in [-0.2, -0.15) is 0 Å². The molecule has 25 heavy (non-hydrogen) atoms. The average Bonchev–Trinajstić information content (AvgIpc) is 3.34. The second-order valence-electron chi connectivity index (χ2n) is 6.19. The van der Waals surface area contributed by atoms with Gasteiger partial charge in [0.2, 0.25) is 11.0 Å². The van der Waals surface area contributed by atoms with Crippen LogP contribution in [-0.4, -0.2) is 33.2 Å². The zero-order chi connectivity index (χ0) is 18.0. The number of benzene rings is 1. The highest BCUT2D eigenvalue weighted by Crippen LogP contribution is 2.37. The number of ketones is 1. The standard InChI is InChI=1S/C18H21N3O2S2/c1-4-15(22)21(14-9-10-14)17-19-20-18(25-17)24-12(3)16(23)13-7-5-11(2)6-8-13/h5-8,12,14H,4,9-10H2,1-3H3. The largest absolute Gasteiger partial charge is 0.293 e. The van der Waals surface area contributed by atoms with Crippen molar-refractivity contribution >= 4 is 39.9 Å². The van der Waals surface area contributed by atoms with Gasteiger partial charge >= 0.3 is 0 Å². The average molecular weight is 376 g/mol. The predicted octanol–water partition coefficient (Wildman–Crippen LogP) is 4.12. The van der Waals surface area contributed by atoms with Crippen molar-refractivity contribution in [3.05, 3.63) is 35.4 Å². The summed E-state index contributed by atoms with van der Waals surface area (Å²) in [5.74, 6) is 0.157. The SMILES string of the molecule is CCC(=O)N(c1nnc(SC(C)C(=O)c2ccc(C)cc2)s1)C1CC1. The summed E-state index contributed by atoms with van der Waals surface area (Å²) in [6, 6.07) is 7.86. The van der Waals surface area contributed by atoms with Crippen molar-refractivity contribution in [2.24, 2.45) is 0 Å². The molecular weight excluding hydrogens is 354 g/mol. The lowest BCUT2D eigenvalue weighted by Crippen LogP contribution is -2.32. The molecule has 1 saturated carbocycles. The highest BCUT2D eigenvalue weighted by atomic mass is 32.2. The third kappa shape index (κ3) is 4.27. The smallest absolute Gasteiger partial charge is 0.228 e. The molecule has 1 unspecified atom stereocenters. The van der Waals surface area contributed by atoms with Crippen LogP contribution in [0.15, 0.2) is 28.6 Å². The molecular formula is C18H21N3O2S2. The molecule has 1 aliphatic carbocycles. The Bertz CT molecular complexity index is 769. The third-order valence-electron chi connectivity index (χ3n) is 4.07. The first-order valence-corrected chi connectivity index (χ1v) is 10.1. The number of aromatic nitrogens is 2. The van der Waals surface area contributed by atoms with Crippen molar-refractivity contribution in [2.45, 2.75) is 55.7 Å². The van der Waals surface area contributed by atoms with E-state index in [2.05, 4.69) is 10.2 Å². The minimum Gasteiger partial charge on any atom is -0.293 e. The van der Waals surface area contributed by atoms with Gasteiger partial charge in [0, 0.05) is 18.0 Å². The lowest BCUT2D eigenvalue weighted by molar-refractivity contribution is -0.118. The van der Waals surface area contributed by atoms with E-state index in [-0.39, 0.29) is 23.0 Å². The Morgan fingerprint density at radius 3 is 2.56 bits per heavy atom. The molecule has 0 aliphatic heterocycles. The van der Waals surface area contributed by atoms with Crippen LogP contribution in [0.25, 0.3) is 0 Å². The molecule has 0 bridgehead atoms. The first-order valence-electron chi connectivity index (χ1n) is 8.42. The second kappa shape index (κ2) is 7.66. The minimum atomic E-state index is -0.250. The Kier molecular flexibility index (Phi) is 5.54. The van der Waals surface area contributed by atoms with Crippen LogP contribution in [0.1, 0.15) is 49.0 Å². The van der Waals surface area contributed by atoms with Crippen molar-refractivity contribution in [1.82, 2.24) is 10.2 Å². The molecule has 1 atom stereocenters. The van der Waals surface area contributed by atoms with Crippen LogP contribution >= 0.6 is 23.1 Å². The number of anilines is 1. The van der Waals surface area contributed by atoms with Crippen LogP contribution in [-0.2, 0) is 4.79 Å². The van der Waals surface area contributed by atoms with E-state index < -0.39 is 0 Å². The molecule has 0 saturated heterocycles. The monoisotopic (exact) mass is 375 g/mol. The summed E-state index contributed by atoms with van der Waals surface area (Å²) in [6.45, 7) is 5.74. The normalized spacial score (nSPS) is 15.0. The van der Waals surface area contributed by atoms with Gasteiger partial charge in [-0.3, -0.25) is 14.5 Å². The lowest BCUT2D eigenvalue weighted by Gasteiger charge is -2.17. The molecule has 132 valence electrons. The van der Waals surface area contributed by atoms with Gasteiger partial charge in [-0.05, 0) is 26.7 Å². The highest BCUT2D eigenvalue weighted by molar-refractivity contribution is 8.02. The van der Waals surface area contributed by atoms with E-state index >= 15 is 0 Å². The Labute approximate surface area is 155 Å². The number of nitrogens with zero attached hydrogens (tertiary/aromatic N) is 3. The Morgan fingerprint density at radius 1 is 1.28 bits per heavy atom. The summed E-state index contributed by atoms with van der Waals surface area (Å²) in [4.78, 5) is 26.5. The molecule has 1 amide bonds. The molecule has 1 heterocycles. The Morgan fingerprint density at radius 2 is 1.96 bits per heavy atom. The van der Waals surface area contributed by atoms with Crippen molar-refractivity contribution in [3.8, 4) is 0 Å². The molecule has 0 radical (unpaired) electrons. The van der Waals surface area contributed by atoms with Crippen LogP contribution in [0.3, 0.4) is 0 Å². The number of hydrogen-bond donors (Lipinski definition) is 0. The number of Topliss-reactive ketones (excluding diaryl/α,β-unsaturated/α-hetero) is 1. The highest BCUT2D eigenvalue weighted by Gasteiger charge is 2.35. The van der Waals surface area contributed by atoms with E-state index in [9.17, 15) is 9.59 Å². The first kappa shape index (κ1) is 18.1. The van der Waals surface area contributed by atoms with Gasteiger partial charge in [0.05, 0.1) is 5.25 Å². The Balaban J connectivity index is 1.69. The van der Waals surface area contributed by atoms with E-state index in [4.69, 9.17) is 0 Å². The van der Waals surface area contributed by atoms with E-state index in [0.29, 0.717) is 17.1 Å². The van der Waals surface area contributed by atoms with Gasteiger partial charge < -0.3 is 0 Å². The maximum absolute atomic E-state index is 12.5. The van der Waals surface area contributed by atoms with Gasteiger partial charge in [-0.25, -0.2) is 0 Å². The summed E-state index contributed by atoms with van der Waals surface area (Å²) in [6.07, 6.45) is 2.51. The van der Waals surface area contributed by atoms with E-state index in [1.54, 1.807) is 4.90 Å². The molecule has 0 spiro atoms. The number of hydrogen-bond acceptors (Lipinski definition) is 6. The second-order valence-corrected chi connectivity index (χ2v) is 8.73. The number of carbonyl (C=O) groups is 2. The van der Waals surface area contributed by atoms with Gasteiger partial charge in [0.25, 0.3) is 0 Å². The summed E-state index contributed by atoms with van der Waals surface area (Å²) in [5, 5.41) is 8.76. The van der Waals surface area contributed by atoms with Crippen LogP contribution < -0.4 is 4.90 Å². The van der Waals surface area contributed by atoms with E-state index in [0.717, 1.165) is 22.7 Å². The summed E-state index contributed by atoms with van der Waals surface area (Å²) < 4.78 is 0.720. The van der Waals surface area contributed by atoms with Gasteiger partial charge in [0.1, 0.15) is 0 Å².